The number of benzene rings is 2. The number of carboxylic acids is 1. The third-order valence-corrected chi connectivity index (χ3v) is 5.42. The number of ether oxygens (including phenoxy) is 3. The van der Waals surface area contributed by atoms with Crippen molar-refractivity contribution in [3.05, 3.63) is 88.5 Å². The van der Waals surface area contributed by atoms with E-state index < -0.39 is 5.97 Å². The number of nitrogens with two attached hydrogens (primary N) is 1. The van der Waals surface area contributed by atoms with Gasteiger partial charge in [0, 0.05) is 40.8 Å². The third kappa shape index (κ3) is 5.47. The largest absolute Gasteiger partial charge is 0.493 e. The van der Waals surface area contributed by atoms with Crippen LogP contribution in [0.2, 0.25) is 5.02 Å². The summed E-state index contributed by atoms with van der Waals surface area (Å²) < 4.78 is 19.5. The van der Waals surface area contributed by atoms with Gasteiger partial charge in [-0.05, 0) is 43.3 Å². The Bertz CT molecular complexity index is 1180. The molecule has 2 heterocycles. The first-order valence-corrected chi connectivity index (χ1v) is 11.0. The fourth-order valence-corrected chi connectivity index (χ4v) is 3.81. The quantitative estimate of drug-likeness (QED) is 0.448. The predicted molar refractivity (Wildman–Crippen MR) is 131 cm³/mol. The molecule has 0 radical (unpaired) electrons. The molecule has 2 aromatic carbocycles. The van der Waals surface area contributed by atoms with Crippen LogP contribution in [0, 0.1) is 0 Å². The summed E-state index contributed by atoms with van der Waals surface area (Å²) in [6, 6.07) is 15.8. The Morgan fingerprint density at radius 1 is 1.24 bits per heavy atom. The molecule has 0 spiro atoms. The van der Waals surface area contributed by atoms with Crippen LogP contribution in [0.15, 0.2) is 66.6 Å². The molecule has 3 aromatic rings. The van der Waals surface area contributed by atoms with Crippen LogP contribution in [0.25, 0.3) is 5.69 Å². The highest BCUT2D eigenvalue weighted by molar-refractivity contribution is 6.30. The lowest BCUT2D eigenvalue weighted by Crippen LogP contribution is -2.15. The molecule has 0 aliphatic carbocycles. The van der Waals surface area contributed by atoms with Gasteiger partial charge in [-0.3, -0.25) is 0 Å². The Balaban J connectivity index is 0.000000309. The number of aliphatic carboxylic acids is 1. The lowest BCUT2D eigenvalue weighted by Gasteiger charge is -2.22. The summed E-state index contributed by atoms with van der Waals surface area (Å²) in [5, 5.41) is 11.5. The van der Waals surface area contributed by atoms with Crippen LogP contribution in [0.1, 0.15) is 29.8 Å². The Labute approximate surface area is 203 Å². The zero-order valence-corrected chi connectivity index (χ0v) is 20.0. The highest BCUT2D eigenvalue weighted by atomic mass is 35.5. The first-order valence-electron chi connectivity index (χ1n) is 10.6. The van der Waals surface area contributed by atoms with E-state index in [0.717, 1.165) is 22.5 Å². The number of para-hydroxylation sites is 1. The summed E-state index contributed by atoms with van der Waals surface area (Å²) in [5.74, 6) is 0.250. The second-order valence-corrected chi connectivity index (χ2v) is 7.75. The molecular weight excluding hydrogens is 458 g/mol. The standard InChI is InChI=1S/C20H18ClNO3.C5H10N2O2/c1-23-18-7-3-6-15(20(18)24-2)19-16-11-13(21)8-9-17(16)22-10-4-5-14(22)12-25-19;1-2-7-3-4(6)5(8)9/h3-11,19H,12H2,1-2H3;3,7H,2,6H2,1H3,(H,8,9)/b;4-3-. The molecule has 1 aliphatic rings. The fraction of sp³-hybridized carbons (Fsp3) is 0.240. The van der Waals surface area contributed by atoms with Gasteiger partial charge in [-0.2, -0.15) is 0 Å². The van der Waals surface area contributed by atoms with Gasteiger partial charge in [0.05, 0.1) is 26.5 Å². The van der Waals surface area contributed by atoms with E-state index in [1.165, 1.54) is 6.20 Å². The molecule has 4 rings (SSSR count). The van der Waals surface area contributed by atoms with Crippen LogP contribution in [-0.4, -0.2) is 36.4 Å². The number of rotatable bonds is 6. The molecule has 1 unspecified atom stereocenters. The zero-order valence-electron chi connectivity index (χ0n) is 19.2. The topological polar surface area (TPSA) is 108 Å². The summed E-state index contributed by atoms with van der Waals surface area (Å²) in [4.78, 5) is 9.97. The average molecular weight is 486 g/mol. The van der Waals surface area contributed by atoms with Gasteiger partial charge in [0.25, 0.3) is 0 Å². The minimum absolute atomic E-state index is 0.170. The van der Waals surface area contributed by atoms with Gasteiger partial charge in [-0.15, -0.1) is 0 Å². The number of nitrogens with zero attached hydrogens (tertiary/aromatic N) is 1. The normalized spacial score (nSPS) is 14.6. The monoisotopic (exact) mass is 485 g/mol. The zero-order chi connectivity index (χ0) is 24.7. The maximum atomic E-state index is 9.97. The van der Waals surface area contributed by atoms with E-state index in [9.17, 15) is 4.79 Å². The second kappa shape index (κ2) is 11.5. The van der Waals surface area contributed by atoms with Crippen molar-refractivity contribution in [2.24, 2.45) is 5.73 Å². The Hall–Kier alpha value is -3.62. The summed E-state index contributed by atoms with van der Waals surface area (Å²) in [6.07, 6.45) is 3.00. The van der Waals surface area contributed by atoms with Crippen molar-refractivity contribution in [1.82, 2.24) is 9.88 Å². The van der Waals surface area contributed by atoms with Crippen molar-refractivity contribution < 1.29 is 24.1 Å². The molecule has 34 heavy (non-hydrogen) atoms. The lowest BCUT2D eigenvalue weighted by molar-refractivity contribution is -0.132. The molecule has 9 heteroatoms. The van der Waals surface area contributed by atoms with Crippen molar-refractivity contribution in [2.75, 3.05) is 20.8 Å². The van der Waals surface area contributed by atoms with Crippen molar-refractivity contribution in [1.29, 1.82) is 0 Å². The molecule has 1 aromatic heterocycles. The number of carboxylic acid groups (broad SMARTS) is 1. The van der Waals surface area contributed by atoms with Crippen molar-refractivity contribution in [2.45, 2.75) is 19.6 Å². The van der Waals surface area contributed by atoms with E-state index in [2.05, 4.69) is 16.0 Å². The summed E-state index contributed by atoms with van der Waals surface area (Å²) in [6.45, 7) is 3.02. The average Bonchev–Trinajstić information content (AvgIpc) is 3.25. The summed E-state index contributed by atoms with van der Waals surface area (Å²) in [7, 11) is 3.27. The highest BCUT2D eigenvalue weighted by Crippen LogP contribution is 2.43. The van der Waals surface area contributed by atoms with Gasteiger partial charge in [0.15, 0.2) is 11.5 Å². The van der Waals surface area contributed by atoms with Crippen LogP contribution in [0.4, 0.5) is 0 Å². The SMILES string of the molecule is CCN/C=C(\N)C(=O)O.COc1cccc(C2OCc3cccn3-c3ccc(Cl)cc32)c1OC. The first-order chi connectivity index (χ1) is 16.4. The molecule has 1 atom stereocenters. The summed E-state index contributed by atoms with van der Waals surface area (Å²) in [5.41, 5.74) is 8.88. The van der Waals surface area contributed by atoms with Crippen LogP contribution in [0.3, 0.4) is 0 Å². The second-order valence-electron chi connectivity index (χ2n) is 7.31. The van der Waals surface area contributed by atoms with Crippen molar-refractivity contribution in [3.63, 3.8) is 0 Å². The van der Waals surface area contributed by atoms with Crippen LogP contribution < -0.4 is 20.5 Å². The minimum atomic E-state index is -1.10. The number of halogens is 1. The number of nitrogens with one attached hydrogen (secondary N) is 1. The lowest BCUT2D eigenvalue weighted by atomic mass is 9.98. The maximum absolute atomic E-state index is 9.97. The number of carbonyl (C=O) groups is 1. The van der Waals surface area contributed by atoms with Gasteiger partial charge < -0.3 is 34.9 Å². The van der Waals surface area contributed by atoms with E-state index >= 15 is 0 Å². The van der Waals surface area contributed by atoms with Gasteiger partial charge in [-0.1, -0.05) is 23.7 Å². The molecule has 0 bridgehead atoms. The van der Waals surface area contributed by atoms with Crippen molar-refractivity contribution in [3.8, 4) is 17.2 Å². The molecule has 1 aliphatic heterocycles. The Kier molecular flexibility index (Phi) is 8.45. The van der Waals surface area contributed by atoms with Crippen LogP contribution >= 0.6 is 11.6 Å². The minimum Gasteiger partial charge on any atom is -0.493 e. The molecular formula is C25H28ClN3O5. The van der Waals surface area contributed by atoms with E-state index in [1.807, 2.05) is 55.6 Å². The number of aromatic nitrogens is 1. The number of hydrogen-bond donors (Lipinski definition) is 3. The molecule has 4 N–H and O–H groups in total. The molecule has 0 amide bonds. The molecule has 0 saturated carbocycles. The highest BCUT2D eigenvalue weighted by Gasteiger charge is 2.28. The van der Waals surface area contributed by atoms with Gasteiger partial charge in [0.2, 0.25) is 0 Å². The first kappa shape index (κ1) is 25.0. The van der Waals surface area contributed by atoms with Crippen LogP contribution in [0.5, 0.6) is 11.5 Å². The fourth-order valence-electron chi connectivity index (χ4n) is 3.63. The van der Waals surface area contributed by atoms with Gasteiger partial charge in [0.1, 0.15) is 11.8 Å². The van der Waals surface area contributed by atoms with E-state index in [-0.39, 0.29) is 11.8 Å². The Morgan fingerprint density at radius 2 is 2.03 bits per heavy atom. The van der Waals surface area contributed by atoms with E-state index in [0.29, 0.717) is 29.7 Å². The smallest absolute Gasteiger partial charge is 0.353 e. The molecule has 8 nitrogen and oxygen atoms in total. The molecule has 0 fully saturated rings. The Morgan fingerprint density at radius 3 is 2.71 bits per heavy atom. The number of methoxy groups -OCH3 is 2. The van der Waals surface area contributed by atoms with E-state index in [1.54, 1.807) is 14.2 Å². The predicted octanol–water partition coefficient (Wildman–Crippen LogP) is 4.25. The molecule has 180 valence electrons. The van der Waals surface area contributed by atoms with Gasteiger partial charge in [-0.25, -0.2) is 4.79 Å². The summed E-state index contributed by atoms with van der Waals surface area (Å²) >= 11 is 6.30. The molecule has 0 saturated heterocycles. The number of fused-ring (bicyclic) bond motifs is 3. The third-order valence-electron chi connectivity index (χ3n) is 5.19. The van der Waals surface area contributed by atoms with E-state index in [4.69, 9.17) is 36.7 Å². The van der Waals surface area contributed by atoms with Gasteiger partial charge >= 0.3 is 5.97 Å². The van der Waals surface area contributed by atoms with Crippen LogP contribution in [-0.2, 0) is 16.1 Å². The number of hydrogen-bond acceptors (Lipinski definition) is 6. The van der Waals surface area contributed by atoms with Crippen molar-refractivity contribution >= 4 is 17.6 Å². The maximum Gasteiger partial charge on any atom is 0.353 e.